The zero-order valence-corrected chi connectivity index (χ0v) is 17.8. The number of imidazole rings is 1. The Hall–Kier alpha value is -3.46. The quantitative estimate of drug-likeness (QED) is 0.516. The van der Waals surface area contributed by atoms with Crippen molar-refractivity contribution in [3.05, 3.63) is 36.3 Å². The van der Waals surface area contributed by atoms with E-state index in [0.717, 1.165) is 57.8 Å². The fraction of sp³-hybridized carbons (Fsp3) is 0.364. The van der Waals surface area contributed by atoms with Crippen LogP contribution in [0.4, 0.5) is 5.82 Å². The first-order valence-electron chi connectivity index (χ1n) is 10.4. The number of nitrogens with zero attached hydrogens (tertiary/aromatic N) is 5. The predicted octanol–water partition coefficient (Wildman–Crippen LogP) is 2.69. The van der Waals surface area contributed by atoms with Crippen molar-refractivity contribution < 1.29 is 9.53 Å². The third-order valence-corrected chi connectivity index (χ3v) is 5.74. The molecule has 1 fully saturated rings. The van der Waals surface area contributed by atoms with Gasteiger partial charge in [0.1, 0.15) is 17.3 Å². The molecule has 0 aliphatic carbocycles. The van der Waals surface area contributed by atoms with Crippen LogP contribution in [0, 0.1) is 0 Å². The van der Waals surface area contributed by atoms with Gasteiger partial charge in [0.2, 0.25) is 0 Å². The van der Waals surface area contributed by atoms with Crippen molar-refractivity contribution in [3.63, 3.8) is 0 Å². The average Bonchev–Trinajstić information content (AvgIpc) is 3.52. The van der Waals surface area contributed by atoms with E-state index in [9.17, 15) is 4.79 Å². The number of fused-ring (bicyclic) bond motifs is 3. The van der Waals surface area contributed by atoms with Crippen molar-refractivity contribution in [3.8, 4) is 11.4 Å². The number of aryl methyl sites for hydroxylation is 1. The summed E-state index contributed by atoms with van der Waals surface area (Å²) in [7, 11) is 5.61. The maximum atomic E-state index is 12.6. The second kappa shape index (κ2) is 7.66. The molecular weight excluding hydrogens is 394 g/mol. The van der Waals surface area contributed by atoms with Crippen molar-refractivity contribution in [1.82, 2.24) is 29.4 Å². The highest BCUT2D eigenvalue weighted by Crippen LogP contribution is 2.31. The van der Waals surface area contributed by atoms with Gasteiger partial charge in [-0.2, -0.15) is 0 Å². The molecular formula is C22H25N7O2. The second-order valence-corrected chi connectivity index (χ2v) is 7.92. The van der Waals surface area contributed by atoms with Crippen LogP contribution in [0.15, 0.2) is 30.6 Å². The molecule has 4 aromatic rings. The molecule has 4 aromatic heterocycles. The van der Waals surface area contributed by atoms with Gasteiger partial charge in [-0.25, -0.2) is 15.0 Å². The van der Waals surface area contributed by atoms with Gasteiger partial charge in [-0.3, -0.25) is 4.79 Å². The average molecular weight is 419 g/mol. The molecule has 2 N–H and O–H groups in total. The summed E-state index contributed by atoms with van der Waals surface area (Å²) in [6.45, 7) is 1.09. The minimum Gasteiger partial charge on any atom is -0.371 e. The summed E-state index contributed by atoms with van der Waals surface area (Å²) >= 11 is 0. The highest BCUT2D eigenvalue weighted by Gasteiger charge is 2.26. The number of likely N-dealkylation sites (N-methyl/N-ethyl adjacent to an activating group) is 1. The third-order valence-electron chi connectivity index (χ3n) is 5.74. The summed E-state index contributed by atoms with van der Waals surface area (Å²) < 4.78 is 7.51. The summed E-state index contributed by atoms with van der Waals surface area (Å²) in [5.41, 5.74) is 5.10. The van der Waals surface area contributed by atoms with Crippen molar-refractivity contribution in [2.75, 3.05) is 26.0 Å². The smallest absolute Gasteiger partial charge is 0.251 e. The Morgan fingerprint density at radius 1 is 1.39 bits per heavy atom. The van der Waals surface area contributed by atoms with E-state index < -0.39 is 0 Å². The van der Waals surface area contributed by atoms with E-state index in [4.69, 9.17) is 9.72 Å². The summed E-state index contributed by atoms with van der Waals surface area (Å²) in [6, 6.07) is 7.90. The van der Waals surface area contributed by atoms with Crippen LogP contribution in [0.25, 0.3) is 33.5 Å². The summed E-state index contributed by atoms with van der Waals surface area (Å²) in [4.78, 5) is 31.6. The van der Waals surface area contributed by atoms with E-state index in [2.05, 4.69) is 26.3 Å². The van der Waals surface area contributed by atoms with Gasteiger partial charge in [0.25, 0.3) is 5.91 Å². The summed E-state index contributed by atoms with van der Waals surface area (Å²) in [5, 5.41) is 4.11. The first-order valence-corrected chi connectivity index (χ1v) is 10.4. The number of carbonyl (C=O) groups is 1. The fourth-order valence-electron chi connectivity index (χ4n) is 4.17. The van der Waals surface area contributed by atoms with Crippen LogP contribution in [0.3, 0.4) is 0 Å². The normalized spacial score (nSPS) is 16.3. The molecule has 0 saturated carbocycles. The minimum absolute atomic E-state index is 0.0118. The van der Waals surface area contributed by atoms with Gasteiger partial charge in [0.15, 0.2) is 5.82 Å². The van der Waals surface area contributed by atoms with Gasteiger partial charge in [-0.15, -0.1) is 0 Å². The molecule has 1 aliphatic heterocycles. The van der Waals surface area contributed by atoms with Gasteiger partial charge in [0, 0.05) is 33.1 Å². The van der Waals surface area contributed by atoms with Crippen LogP contribution >= 0.6 is 0 Å². The van der Waals surface area contributed by atoms with Crippen LogP contribution in [0.5, 0.6) is 0 Å². The maximum absolute atomic E-state index is 12.6. The largest absolute Gasteiger partial charge is 0.371 e. The third kappa shape index (κ3) is 3.40. The Morgan fingerprint density at radius 2 is 2.26 bits per heavy atom. The lowest BCUT2D eigenvalue weighted by atomic mass is 10.2. The molecule has 9 nitrogen and oxygen atoms in total. The molecule has 1 atom stereocenters. The van der Waals surface area contributed by atoms with Crippen LogP contribution in [0.1, 0.15) is 18.5 Å². The van der Waals surface area contributed by atoms with Crippen molar-refractivity contribution >= 4 is 33.8 Å². The molecule has 1 amide bonds. The molecule has 5 heterocycles. The van der Waals surface area contributed by atoms with E-state index in [1.165, 1.54) is 0 Å². The Balaban J connectivity index is 1.47. The van der Waals surface area contributed by atoms with Gasteiger partial charge in [-0.05, 0) is 31.0 Å². The number of hydrogen-bond acceptors (Lipinski definition) is 6. The number of nitrogens with one attached hydrogen (secondary N) is 2. The highest BCUT2D eigenvalue weighted by molar-refractivity contribution is 6.07. The number of hydrogen-bond donors (Lipinski definition) is 2. The van der Waals surface area contributed by atoms with E-state index in [1.54, 1.807) is 18.3 Å². The standard InChI is InChI=1S/C22H25N7O2/c1-23-21-18-19(29(3)12-24-18)14-10-16(26-20(14)27-21)15-7-4-6-13(25-15)11-28(2)22(30)17-8-5-9-31-17/h4,6-7,10,12,17H,5,8-9,11H2,1-3H3,(H2,23,26,27)/t17-/m1/s1. The molecule has 0 spiro atoms. The zero-order chi connectivity index (χ0) is 21.5. The number of ether oxygens (including phenoxy) is 1. The predicted molar refractivity (Wildman–Crippen MR) is 119 cm³/mol. The molecule has 0 unspecified atom stereocenters. The van der Waals surface area contributed by atoms with E-state index in [0.29, 0.717) is 13.2 Å². The Morgan fingerprint density at radius 3 is 3.03 bits per heavy atom. The number of rotatable bonds is 5. The number of aromatic amines is 1. The Bertz CT molecular complexity index is 1270. The number of pyridine rings is 2. The second-order valence-electron chi connectivity index (χ2n) is 7.92. The maximum Gasteiger partial charge on any atom is 0.251 e. The lowest BCUT2D eigenvalue weighted by molar-refractivity contribution is -0.140. The monoisotopic (exact) mass is 419 g/mol. The van der Waals surface area contributed by atoms with E-state index >= 15 is 0 Å². The van der Waals surface area contributed by atoms with Crippen LogP contribution in [-0.4, -0.2) is 62.1 Å². The van der Waals surface area contributed by atoms with Crippen LogP contribution in [0.2, 0.25) is 0 Å². The zero-order valence-electron chi connectivity index (χ0n) is 17.8. The van der Waals surface area contributed by atoms with Gasteiger partial charge >= 0.3 is 0 Å². The van der Waals surface area contributed by atoms with E-state index in [1.807, 2.05) is 36.9 Å². The summed E-state index contributed by atoms with van der Waals surface area (Å²) in [6.07, 6.45) is 3.19. The minimum atomic E-state index is -0.323. The Labute approximate surface area is 179 Å². The first-order chi connectivity index (χ1) is 15.0. The fourth-order valence-corrected chi connectivity index (χ4v) is 4.17. The molecule has 0 aromatic carbocycles. The molecule has 1 saturated heterocycles. The number of carbonyl (C=O) groups excluding carboxylic acids is 1. The van der Waals surface area contributed by atoms with Crippen molar-refractivity contribution in [2.24, 2.45) is 7.05 Å². The molecule has 0 radical (unpaired) electrons. The van der Waals surface area contributed by atoms with E-state index in [-0.39, 0.29) is 12.0 Å². The lowest BCUT2D eigenvalue weighted by Crippen LogP contribution is -2.35. The van der Waals surface area contributed by atoms with Crippen molar-refractivity contribution in [1.29, 1.82) is 0 Å². The molecule has 5 rings (SSSR count). The Kier molecular flexibility index (Phi) is 4.82. The molecule has 31 heavy (non-hydrogen) atoms. The van der Waals surface area contributed by atoms with Gasteiger partial charge < -0.3 is 24.5 Å². The van der Waals surface area contributed by atoms with Crippen LogP contribution < -0.4 is 5.32 Å². The van der Waals surface area contributed by atoms with Crippen molar-refractivity contribution in [2.45, 2.75) is 25.5 Å². The summed E-state index contributed by atoms with van der Waals surface area (Å²) in [5.74, 6) is 0.741. The first kappa shape index (κ1) is 19.5. The molecule has 0 bridgehead atoms. The number of amides is 1. The SMILES string of the molecule is CNc1nc2[nH]c(-c3cccc(CN(C)C(=O)[C@H]4CCCO4)n3)cc2c2c1ncn2C. The molecule has 160 valence electrons. The topological polar surface area (TPSA) is 101 Å². The van der Waals surface area contributed by atoms with Gasteiger partial charge in [-0.1, -0.05) is 6.07 Å². The van der Waals surface area contributed by atoms with Gasteiger partial charge in [0.05, 0.1) is 35.5 Å². The highest BCUT2D eigenvalue weighted by atomic mass is 16.5. The molecule has 9 heteroatoms. The molecule has 1 aliphatic rings. The number of H-pyrrole nitrogens is 1. The number of aromatic nitrogens is 5. The van der Waals surface area contributed by atoms with Crippen LogP contribution in [-0.2, 0) is 23.1 Å². The number of anilines is 1. The lowest BCUT2D eigenvalue weighted by Gasteiger charge is -2.20.